The highest BCUT2D eigenvalue weighted by Gasteiger charge is 2.35. The Kier molecular flexibility index (Phi) is 6.90. The Hall–Kier alpha value is -4.16. The first kappa shape index (κ1) is 23.0. The molecule has 0 radical (unpaired) electrons. The lowest BCUT2D eigenvalue weighted by Gasteiger charge is -2.24. The summed E-state index contributed by atoms with van der Waals surface area (Å²) in [5, 5.41) is 2.72. The van der Waals surface area contributed by atoms with E-state index in [1.807, 2.05) is 36.4 Å². The highest BCUT2D eigenvalue weighted by molar-refractivity contribution is 6.01. The minimum Gasteiger partial charge on any atom is -0.444 e. The van der Waals surface area contributed by atoms with E-state index in [1.165, 1.54) is 4.90 Å². The SMILES string of the molecule is NC(=O)C(CCC=O)N1Cc2ccc(COC(=O)NC3=C=C[C@@H](c4ccccc4)C3)cc2C1=O.[HH].[HH]. The predicted molar refractivity (Wildman–Crippen MR) is 128 cm³/mol. The van der Waals surface area contributed by atoms with E-state index in [1.54, 1.807) is 18.2 Å². The average Bonchev–Trinajstić information content (AvgIpc) is 3.43. The zero-order valence-electron chi connectivity index (χ0n) is 18.5. The van der Waals surface area contributed by atoms with Crippen molar-refractivity contribution >= 4 is 24.2 Å². The summed E-state index contributed by atoms with van der Waals surface area (Å²) in [6.45, 7) is 0.223. The van der Waals surface area contributed by atoms with Gasteiger partial charge >= 0.3 is 6.09 Å². The predicted octanol–water partition coefficient (Wildman–Crippen LogP) is 3.42. The number of hydrogen-bond acceptors (Lipinski definition) is 5. The van der Waals surface area contributed by atoms with Gasteiger partial charge in [0.05, 0.1) is 5.70 Å². The highest BCUT2D eigenvalue weighted by Crippen LogP contribution is 2.29. The summed E-state index contributed by atoms with van der Waals surface area (Å²) < 4.78 is 5.33. The molecular formula is C26H29N3O5. The fraction of sp³-hybridized carbons (Fsp3) is 0.269. The first-order chi connectivity index (χ1) is 16.5. The van der Waals surface area contributed by atoms with Crippen molar-refractivity contribution < 1.29 is 26.8 Å². The summed E-state index contributed by atoms with van der Waals surface area (Å²) in [5.74, 6) is -0.810. The fourth-order valence-electron chi connectivity index (χ4n) is 4.24. The molecule has 0 aromatic heterocycles. The molecule has 0 saturated carbocycles. The number of hydrogen-bond donors (Lipinski definition) is 2. The summed E-state index contributed by atoms with van der Waals surface area (Å²) in [6.07, 6.45) is 2.98. The standard InChI is InChI=1S/C26H25N3O5.2H2/c27-24(31)23(7-4-12-30)29-15-20-9-8-17(13-22(20)25(29)32)16-34-26(33)28-21-11-10-19(14-21)18-5-2-1-3-6-18;;/h1-3,5-6,8-10,12-13,19,23H,4,7,14-16H2,(H2,27,31)(H,28,33);2*1H/t19-,23?;;/m1../s1. The number of primary amides is 1. The summed E-state index contributed by atoms with van der Waals surface area (Å²) in [7, 11) is 0. The molecule has 0 spiro atoms. The van der Waals surface area contributed by atoms with Gasteiger partial charge in [-0.15, -0.1) is 5.73 Å². The molecule has 178 valence electrons. The van der Waals surface area contributed by atoms with E-state index in [0.717, 1.165) is 11.1 Å². The summed E-state index contributed by atoms with van der Waals surface area (Å²) in [5.41, 5.74) is 12.2. The van der Waals surface area contributed by atoms with Crippen LogP contribution in [0.2, 0.25) is 0 Å². The van der Waals surface area contributed by atoms with Crippen LogP contribution in [0.5, 0.6) is 0 Å². The van der Waals surface area contributed by atoms with E-state index in [2.05, 4.69) is 11.0 Å². The zero-order chi connectivity index (χ0) is 24.1. The largest absolute Gasteiger partial charge is 0.444 e. The van der Waals surface area contributed by atoms with E-state index < -0.39 is 18.0 Å². The molecule has 2 aliphatic rings. The molecule has 3 N–H and O–H groups in total. The second-order valence-corrected chi connectivity index (χ2v) is 8.30. The maximum absolute atomic E-state index is 12.9. The Bertz CT molecular complexity index is 1200. The minimum atomic E-state index is -0.844. The van der Waals surface area contributed by atoms with Crippen LogP contribution < -0.4 is 11.1 Å². The molecule has 1 aliphatic heterocycles. The topological polar surface area (TPSA) is 119 Å². The minimum absolute atomic E-state index is 0. The molecule has 1 aliphatic carbocycles. The van der Waals surface area contributed by atoms with Crippen LogP contribution >= 0.6 is 0 Å². The Labute approximate surface area is 200 Å². The van der Waals surface area contributed by atoms with Gasteiger partial charge in [-0.25, -0.2) is 4.79 Å². The van der Waals surface area contributed by atoms with E-state index in [0.29, 0.717) is 29.5 Å². The normalized spacial score (nSPS) is 17.2. The third-order valence-corrected chi connectivity index (χ3v) is 6.00. The lowest BCUT2D eigenvalue weighted by molar-refractivity contribution is -0.122. The molecule has 4 rings (SSSR count). The fourth-order valence-corrected chi connectivity index (χ4v) is 4.24. The lowest BCUT2D eigenvalue weighted by atomic mass is 9.98. The van der Waals surface area contributed by atoms with Crippen molar-refractivity contribution in [3.63, 3.8) is 0 Å². The summed E-state index contributed by atoms with van der Waals surface area (Å²) in [6, 6.07) is 14.3. The molecule has 1 unspecified atom stereocenters. The molecule has 0 saturated heterocycles. The Balaban J connectivity index is 0.00000228. The number of nitrogens with zero attached hydrogens (tertiary/aromatic N) is 1. The van der Waals surface area contributed by atoms with Gasteiger partial charge < -0.3 is 20.2 Å². The number of benzene rings is 2. The van der Waals surface area contributed by atoms with E-state index >= 15 is 0 Å². The molecule has 8 heteroatoms. The van der Waals surface area contributed by atoms with Gasteiger partial charge in [-0.2, -0.15) is 0 Å². The van der Waals surface area contributed by atoms with Crippen LogP contribution in [0.3, 0.4) is 0 Å². The van der Waals surface area contributed by atoms with Crippen molar-refractivity contribution in [2.45, 2.75) is 44.4 Å². The van der Waals surface area contributed by atoms with Crippen molar-refractivity contribution in [1.82, 2.24) is 10.2 Å². The lowest BCUT2D eigenvalue weighted by Crippen LogP contribution is -2.44. The van der Waals surface area contributed by atoms with Gasteiger partial charge in [0.15, 0.2) is 0 Å². The molecule has 0 fully saturated rings. The molecule has 8 nitrogen and oxygen atoms in total. The number of fused-ring (bicyclic) bond motifs is 1. The van der Waals surface area contributed by atoms with Crippen LogP contribution in [-0.4, -0.2) is 35.1 Å². The van der Waals surface area contributed by atoms with Gasteiger partial charge in [0.25, 0.3) is 5.91 Å². The van der Waals surface area contributed by atoms with Gasteiger partial charge in [-0.1, -0.05) is 42.5 Å². The van der Waals surface area contributed by atoms with Crippen LogP contribution in [0.4, 0.5) is 4.79 Å². The van der Waals surface area contributed by atoms with E-state index in [4.69, 9.17) is 10.5 Å². The maximum atomic E-state index is 12.9. The second kappa shape index (κ2) is 10.2. The molecule has 2 atom stereocenters. The number of ether oxygens (including phenoxy) is 1. The van der Waals surface area contributed by atoms with E-state index in [9.17, 15) is 19.2 Å². The van der Waals surface area contributed by atoms with Crippen LogP contribution in [-0.2, 0) is 27.5 Å². The number of carbonyl (C=O) groups excluding carboxylic acids is 4. The van der Waals surface area contributed by atoms with E-state index in [-0.39, 0.29) is 40.7 Å². The van der Waals surface area contributed by atoms with Crippen LogP contribution in [0.25, 0.3) is 0 Å². The van der Waals surface area contributed by atoms with Crippen LogP contribution in [0.1, 0.15) is 55.1 Å². The van der Waals surface area contributed by atoms with Gasteiger partial charge in [0, 0.05) is 33.7 Å². The Morgan fingerprint density at radius 2 is 2.06 bits per heavy atom. The monoisotopic (exact) mass is 463 g/mol. The van der Waals surface area contributed by atoms with Gasteiger partial charge in [0.1, 0.15) is 18.9 Å². The first-order valence-corrected chi connectivity index (χ1v) is 11.1. The molecule has 2 aromatic carbocycles. The number of nitrogens with two attached hydrogens (primary N) is 1. The molecule has 2 aromatic rings. The quantitative estimate of drug-likeness (QED) is 0.436. The van der Waals surface area contributed by atoms with Crippen LogP contribution in [0.15, 0.2) is 66.0 Å². The van der Waals surface area contributed by atoms with Gasteiger partial charge in [0.2, 0.25) is 5.91 Å². The number of nitrogens with one attached hydrogen (secondary N) is 1. The van der Waals surface area contributed by atoms with Gasteiger partial charge in [-0.05, 0) is 35.3 Å². The second-order valence-electron chi connectivity index (χ2n) is 8.30. The van der Waals surface area contributed by atoms with Crippen molar-refractivity contribution in [1.29, 1.82) is 0 Å². The zero-order valence-corrected chi connectivity index (χ0v) is 18.5. The number of rotatable bonds is 9. The van der Waals surface area contributed by atoms with Crippen molar-refractivity contribution in [3.8, 4) is 0 Å². The average molecular weight is 464 g/mol. The number of allylic oxidation sites excluding steroid dienone is 1. The maximum Gasteiger partial charge on any atom is 0.412 e. The Morgan fingerprint density at radius 1 is 1.26 bits per heavy atom. The molecule has 34 heavy (non-hydrogen) atoms. The third kappa shape index (κ3) is 5.08. The molecule has 3 amide bonds. The number of alkyl carbamates (subject to hydrolysis) is 1. The van der Waals surface area contributed by atoms with Gasteiger partial charge in [-0.3, -0.25) is 14.9 Å². The molecule has 0 bridgehead atoms. The first-order valence-electron chi connectivity index (χ1n) is 11.1. The highest BCUT2D eigenvalue weighted by atomic mass is 16.5. The summed E-state index contributed by atoms with van der Waals surface area (Å²) >= 11 is 0. The number of amides is 3. The van der Waals surface area contributed by atoms with Crippen molar-refractivity contribution in [3.05, 3.63) is 88.3 Å². The smallest absolute Gasteiger partial charge is 0.412 e. The number of aldehydes is 1. The third-order valence-electron chi connectivity index (χ3n) is 6.00. The molecule has 1 heterocycles. The van der Waals surface area contributed by atoms with Crippen molar-refractivity contribution in [2.75, 3.05) is 0 Å². The van der Waals surface area contributed by atoms with Crippen LogP contribution in [0, 0.1) is 0 Å². The van der Waals surface area contributed by atoms with Crippen molar-refractivity contribution in [2.24, 2.45) is 5.73 Å². The Morgan fingerprint density at radius 3 is 2.79 bits per heavy atom. The summed E-state index contributed by atoms with van der Waals surface area (Å²) in [4.78, 5) is 49.0. The number of carbonyl (C=O) groups is 4. The molecular weight excluding hydrogens is 434 g/mol.